The molecule has 134 valence electrons. The Balaban J connectivity index is 1.73. The molecule has 1 aliphatic carbocycles. The standard InChI is InChI=1S/C17H21N3O5/c21-16(18-12-6-2-4-8-14(12)20(24)25)10-19-13-7-3-1-5-11(13)9-15(19)17(22)23/h2,4,6,8,11,13,15H,1,3,5,7,9-10H2,(H,18,21)(H,22,23). The molecule has 1 saturated carbocycles. The number of carboxylic acid groups (broad SMARTS) is 1. The molecule has 8 nitrogen and oxygen atoms in total. The second kappa shape index (κ2) is 7.18. The maximum absolute atomic E-state index is 12.4. The molecule has 8 heteroatoms. The largest absolute Gasteiger partial charge is 0.480 e. The van der Waals surface area contributed by atoms with Crippen LogP contribution in [0.5, 0.6) is 0 Å². The van der Waals surface area contributed by atoms with Crippen molar-refractivity contribution in [2.24, 2.45) is 5.92 Å². The van der Waals surface area contributed by atoms with Crippen molar-refractivity contribution in [1.29, 1.82) is 0 Å². The van der Waals surface area contributed by atoms with Gasteiger partial charge in [0.05, 0.1) is 11.5 Å². The number of nitrogens with zero attached hydrogens (tertiary/aromatic N) is 2. The molecule has 1 aliphatic heterocycles. The number of aliphatic carboxylic acids is 1. The van der Waals surface area contributed by atoms with E-state index in [9.17, 15) is 24.8 Å². The third-order valence-corrected chi connectivity index (χ3v) is 5.21. The van der Waals surface area contributed by atoms with E-state index in [0.717, 1.165) is 25.7 Å². The van der Waals surface area contributed by atoms with Crippen LogP contribution in [0.25, 0.3) is 0 Å². The molecule has 2 N–H and O–H groups in total. The van der Waals surface area contributed by atoms with E-state index in [1.54, 1.807) is 11.0 Å². The summed E-state index contributed by atoms with van der Waals surface area (Å²) in [7, 11) is 0. The zero-order valence-electron chi connectivity index (χ0n) is 13.8. The Bertz CT molecular complexity index is 693. The molecule has 2 fully saturated rings. The van der Waals surface area contributed by atoms with Gasteiger partial charge in [0.25, 0.3) is 5.69 Å². The van der Waals surface area contributed by atoms with Gasteiger partial charge < -0.3 is 10.4 Å². The summed E-state index contributed by atoms with van der Waals surface area (Å²) >= 11 is 0. The number of hydrogen-bond donors (Lipinski definition) is 2. The Morgan fingerprint density at radius 1 is 1.28 bits per heavy atom. The van der Waals surface area contributed by atoms with Crippen molar-refractivity contribution >= 4 is 23.3 Å². The number of nitro benzene ring substituents is 1. The number of nitrogens with one attached hydrogen (secondary N) is 1. The average Bonchev–Trinajstić information content (AvgIpc) is 2.94. The number of anilines is 1. The monoisotopic (exact) mass is 347 g/mol. The molecule has 0 spiro atoms. The van der Waals surface area contributed by atoms with Gasteiger partial charge in [-0.1, -0.05) is 25.0 Å². The first-order chi connectivity index (χ1) is 12.0. The lowest BCUT2D eigenvalue weighted by Crippen LogP contribution is -2.46. The average molecular weight is 347 g/mol. The van der Waals surface area contributed by atoms with E-state index in [2.05, 4.69) is 5.32 Å². The number of para-hydroxylation sites is 2. The minimum absolute atomic E-state index is 0.0653. The van der Waals surface area contributed by atoms with Crippen LogP contribution in [-0.2, 0) is 9.59 Å². The minimum atomic E-state index is -0.909. The number of nitro groups is 1. The molecule has 1 heterocycles. The molecule has 0 radical (unpaired) electrons. The van der Waals surface area contributed by atoms with Crippen LogP contribution >= 0.6 is 0 Å². The quantitative estimate of drug-likeness (QED) is 0.624. The van der Waals surface area contributed by atoms with E-state index in [0.29, 0.717) is 12.3 Å². The number of fused-ring (bicyclic) bond motifs is 1. The van der Waals surface area contributed by atoms with Crippen molar-refractivity contribution in [1.82, 2.24) is 4.90 Å². The van der Waals surface area contributed by atoms with Gasteiger partial charge in [-0.3, -0.25) is 24.6 Å². The van der Waals surface area contributed by atoms with Crippen LogP contribution < -0.4 is 5.32 Å². The van der Waals surface area contributed by atoms with Crippen LogP contribution in [0.3, 0.4) is 0 Å². The maximum Gasteiger partial charge on any atom is 0.320 e. The Hall–Kier alpha value is -2.48. The van der Waals surface area contributed by atoms with Crippen LogP contribution in [0.2, 0.25) is 0 Å². The molecular weight excluding hydrogens is 326 g/mol. The second-order valence-corrected chi connectivity index (χ2v) is 6.70. The van der Waals surface area contributed by atoms with Crippen LogP contribution in [0.4, 0.5) is 11.4 Å². The molecular formula is C17H21N3O5. The summed E-state index contributed by atoms with van der Waals surface area (Å²) in [4.78, 5) is 36.2. The number of carboxylic acids is 1. The maximum atomic E-state index is 12.4. The van der Waals surface area contributed by atoms with E-state index in [-0.39, 0.29) is 24.0 Å². The highest BCUT2D eigenvalue weighted by atomic mass is 16.6. The third-order valence-electron chi connectivity index (χ3n) is 5.21. The molecule has 1 aromatic carbocycles. The van der Waals surface area contributed by atoms with Crippen LogP contribution in [0.15, 0.2) is 24.3 Å². The van der Waals surface area contributed by atoms with Gasteiger partial charge in [0.2, 0.25) is 5.91 Å². The van der Waals surface area contributed by atoms with E-state index in [1.807, 2.05) is 0 Å². The first-order valence-corrected chi connectivity index (χ1v) is 8.49. The van der Waals surface area contributed by atoms with E-state index < -0.39 is 22.8 Å². The van der Waals surface area contributed by atoms with Crippen LogP contribution in [-0.4, -0.2) is 45.4 Å². The molecule has 3 atom stereocenters. The van der Waals surface area contributed by atoms with Crippen LogP contribution in [0, 0.1) is 16.0 Å². The lowest BCUT2D eigenvalue weighted by Gasteiger charge is -2.32. The lowest BCUT2D eigenvalue weighted by molar-refractivity contribution is -0.383. The molecule has 3 rings (SSSR count). The molecule has 25 heavy (non-hydrogen) atoms. The number of carbonyl (C=O) groups is 2. The van der Waals surface area contributed by atoms with Gasteiger partial charge in [-0.25, -0.2) is 0 Å². The van der Waals surface area contributed by atoms with Gasteiger partial charge in [0.15, 0.2) is 0 Å². The molecule has 0 aromatic heterocycles. The third kappa shape index (κ3) is 3.63. The summed E-state index contributed by atoms with van der Waals surface area (Å²) in [5.74, 6) is -1.02. The Morgan fingerprint density at radius 2 is 2.00 bits per heavy atom. The SMILES string of the molecule is O=C(CN1C(C(=O)O)CC2CCCCC21)Nc1ccccc1[N+](=O)[O-]. The zero-order valence-corrected chi connectivity index (χ0v) is 13.8. The van der Waals surface area contributed by atoms with Crippen molar-refractivity contribution in [2.75, 3.05) is 11.9 Å². The van der Waals surface area contributed by atoms with E-state index >= 15 is 0 Å². The molecule has 2 aliphatic rings. The Labute approximate surface area is 145 Å². The first kappa shape index (κ1) is 17.3. The number of likely N-dealkylation sites (tertiary alicyclic amines) is 1. The molecule has 3 unspecified atom stereocenters. The number of hydrogen-bond acceptors (Lipinski definition) is 5. The van der Waals surface area contributed by atoms with Gasteiger partial charge in [-0.05, 0) is 31.2 Å². The van der Waals surface area contributed by atoms with Crippen molar-refractivity contribution in [3.8, 4) is 0 Å². The van der Waals surface area contributed by atoms with Gasteiger partial charge in [0.1, 0.15) is 11.7 Å². The normalized spacial score (nSPS) is 26.0. The zero-order chi connectivity index (χ0) is 18.0. The van der Waals surface area contributed by atoms with Gasteiger partial charge in [0, 0.05) is 12.1 Å². The predicted octanol–water partition coefficient (Wildman–Crippen LogP) is 2.25. The highest BCUT2D eigenvalue weighted by Gasteiger charge is 2.45. The van der Waals surface area contributed by atoms with Gasteiger partial charge in [-0.15, -0.1) is 0 Å². The Morgan fingerprint density at radius 3 is 2.72 bits per heavy atom. The number of benzene rings is 1. The fourth-order valence-corrected chi connectivity index (χ4v) is 4.12. The first-order valence-electron chi connectivity index (χ1n) is 8.49. The van der Waals surface area contributed by atoms with Gasteiger partial charge >= 0.3 is 5.97 Å². The van der Waals surface area contributed by atoms with Crippen molar-refractivity contribution in [2.45, 2.75) is 44.2 Å². The predicted molar refractivity (Wildman–Crippen MR) is 90.2 cm³/mol. The fraction of sp³-hybridized carbons (Fsp3) is 0.529. The van der Waals surface area contributed by atoms with E-state index in [1.165, 1.54) is 18.2 Å². The smallest absolute Gasteiger partial charge is 0.320 e. The van der Waals surface area contributed by atoms with Crippen molar-refractivity contribution in [3.05, 3.63) is 34.4 Å². The topological polar surface area (TPSA) is 113 Å². The summed E-state index contributed by atoms with van der Waals surface area (Å²) in [6.07, 6.45) is 4.60. The minimum Gasteiger partial charge on any atom is -0.480 e. The molecule has 0 bridgehead atoms. The van der Waals surface area contributed by atoms with Crippen molar-refractivity contribution < 1.29 is 19.6 Å². The summed E-state index contributed by atoms with van der Waals surface area (Å²) in [6, 6.07) is 5.37. The summed E-state index contributed by atoms with van der Waals surface area (Å²) in [6.45, 7) is -0.0653. The van der Waals surface area contributed by atoms with Gasteiger partial charge in [-0.2, -0.15) is 0 Å². The number of amides is 1. The summed E-state index contributed by atoms with van der Waals surface area (Å²) in [5, 5.41) is 23.1. The summed E-state index contributed by atoms with van der Waals surface area (Å²) in [5.41, 5.74) is -0.0497. The molecule has 1 aromatic rings. The lowest BCUT2D eigenvalue weighted by atomic mass is 9.85. The fourth-order valence-electron chi connectivity index (χ4n) is 4.12. The van der Waals surface area contributed by atoms with E-state index in [4.69, 9.17) is 0 Å². The summed E-state index contributed by atoms with van der Waals surface area (Å²) < 4.78 is 0. The molecule has 1 saturated heterocycles. The number of rotatable bonds is 5. The Kier molecular flexibility index (Phi) is 4.98. The highest BCUT2D eigenvalue weighted by Crippen LogP contribution is 2.39. The molecule has 1 amide bonds. The van der Waals surface area contributed by atoms with Crippen molar-refractivity contribution in [3.63, 3.8) is 0 Å². The highest BCUT2D eigenvalue weighted by molar-refractivity contribution is 5.94. The van der Waals surface area contributed by atoms with Crippen LogP contribution in [0.1, 0.15) is 32.1 Å². The number of carbonyl (C=O) groups excluding carboxylic acids is 1. The second-order valence-electron chi connectivity index (χ2n) is 6.70.